The molecule has 8 nitrogen and oxygen atoms in total. The quantitative estimate of drug-likeness (QED) is 0.0753. The van der Waals surface area contributed by atoms with Gasteiger partial charge in [0.25, 0.3) is 0 Å². The van der Waals surface area contributed by atoms with Gasteiger partial charge in [-0.1, -0.05) is 108 Å². The highest BCUT2D eigenvalue weighted by molar-refractivity contribution is 5.93. The minimum atomic E-state index is -1.34. The molecule has 250 valence electrons. The van der Waals surface area contributed by atoms with E-state index in [1.54, 1.807) is 26.0 Å². The van der Waals surface area contributed by atoms with Gasteiger partial charge in [-0.25, -0.2) is 9.59 Å². The molecule has 1 aromatic heterocycles. The lowest BCUT2D eigenvalue weighted by molar-refractivity contribution is -0.156. The molecule has 0 aromatic carbocycles. The monoisotopic (exact) mass is 626 g/mol. The fourth-order valence-corrected chi connectivity index (χ4v) is 6.37. The molecule has 1 N–H and O–H groups in total. The molecule has 0 amide bonds. The smallest absolute Gasteiger partial charge is 0.341 e. The van der Waals surface area contributed by atoms with Crippen LogP contribution in [0.25, 0.3) is 0 Å². The number of carbonyl (C=O) groups excluding carboxylic acids is 3. The number of hydrogen-bond donors (Lipinski definition) is 1. The number of unbranched alkanes of at least 4 members (excludes halogenated alkanes) is 12. The maximum Gasteiger partial charge on any atom is 0.341 e. The van der Waals surface area contributed by atoms with Gasteiger partial charge < -0.3 is 23.7 Å². The van der Waals surface area contributed by atoms with Gasteiger partial charge in [0.1, 0.15) is 29.3 Å². The number of esters is 3. The maximum absolute atomic E-state index is 13.2. The normalized spacial score (nSPS) is 22.6. The lowest BCUT2D eigenvalue weighted by atomic mass is 9.84. The Labute approximate surface area is 269 Å². The van der Waals surface area contributed by atoms with Gasteiger partial charge >= 0.3 is 17.9 Å². The summed E-state index contributed by atoms with van der Waals surface area (Å²) in [5.41, 5.74) is 1.52. The predicted octanol–water partition coefficient (Wildman–Crippen LogP) is 8.08. The van der Waals surface area contributed by atoms with Crippen LogP contribution in [-0.2, 0) is 30.2 Å². The summed E-state index contributed by atoms with van der Waals surface area (Å²) in [6.07, 6.45) is 14.0. The molecule has 3 heterocycles. The van der Waals surface area contributed by atoms with E-state index in [1.807, 2.05) is 0 Å². The van der Waals surface area contributed by atoms with Gasteiger partial charge in [-0.15, -0.1) is 0 Å². The number of aliphatic hydroxyl groups excluding tert-OH is 1. The van der Waals surface area contributed by atoms with E-state index >= 15 is 0 Å². The number of carbonyl (C=O) groups is 3. The molecule has 8 heteroatoms. The Kier molecular flexibility index (Phi) is 14.6. The Morgan fingerprint density at radius 1 is 0.933 bits per heavy atom. The molecular formula is C37H54O8. The Bertz CT molecular complexity index is 1210. The molecule has 0 spiro atoms. The maximum atomic E-state index is 13.2. The molecule has 4 bridgehead atoms. The van der Waals surface area contributed by atoms with Crippen LogP contribution >= 0.6 is 0 Å². The predicted molar refractivity (Wildman–Crippen MR) is 174 cm³/mol. The summed E-state index contributed by atoms with van der Waals surface area (Å²) in [6.45, 7) is 13.9. The van der Waals surface area contributed by atoms with Crippen molar-refractivity contribution in [3.63, 3.8) is 0 Å². The number of aliphatic hydroxyl groups is 1. The van der Waals surface area contributed by atoms with Crippen LogP contribution in [0.2, 0.25) is 0 Å². The van der Waals surface area contributed by atoms with E-state index < -0.39 is 48.1 Å². The third-order valence-electron chi connectivity index (χ3n) is 9.03. The van der Waals surface area contributed by atoms with Gasteiger partial charge in [-0.3, -0.25) is 4.79 Å². The van der Waals surface area contributed by atoms with Crippen LogP contribution in [0.15, 0.2) is 46.4 Å². The third kappa shape index (κ3) is 10.2. The van der Waals surface area contributed by atoms with Crippen LogP contribution in [0.1, 0.15) is 138 Å². The first-order valence-corrected chi connectivity index (χ1v) is 16.9. The second kappa shape index (κ2) is 18.1. The Morgan fingerprint density at radius 2 is 1.51 bits per heavy atom. The SMILES string of the molecule is C=C(C)[C@H]1Cc2oc(cc2C(=O)OC)[C@H](C(=C)C)[C@H]2C=C(C(=O)O2)[C@@H](OC(=O)CCCCCCCCCCCCCCC)[C@@H]1O. The van der Waals surface area contributed by atoms with E-state index in [-0.39, 0.29) is 24.0 Å². The van der Waals surface area contributed by atoms with Crippen molar-refractivity contribution in [1.29, 1.82) is 0 Å². The minimum absolute atomic E-state index is 0.0870. The first-order valence-electron chi connectivity index (χ1n) is 16.9. The van der Waals surface area contributed by atoms with Gasteiger partial charge in [0.05, 0.1) is 18.6 Å². The second-order valence-electron chi connectivity index (χ2n) is 12.8. The van der Waals surface area contributed by atoms with Gasteiger partial charge in [-0.05, 0) is 32.4 Å². The van der Waals surface area contributed by atoms with Crippen LogP contribution in [-0.4, -0.2) is 48.4 Å². The van der Waals surface area contributed by atoms with Crippen molar-refractivity contribution in [2.75, 3.05) is 7.11 Å². The summed E-state index contributed by atoms with van der Waals surface area (Å²) in [5.74, 6) is -2.35. The Balaban J connectivity index is 1.64. The summed E-state index contributed by atoms with van der Waals surface area (Å²) in [4.78, 5) is 38.9. The zero-order valence-electron chi connectivity index (χ0n) is 27.9. The number of ether oxygens (including phenoxy) is 3. The first-order chi connectivity index (χ1) is 21.6. The fourth-order valence-electron chi connectivity index (χ4n) is 6.37. The van der Waals surface area contributed by atoms with Gasteiger partial charge in [-0.2, -0.15) is 0 Å². The topological polar surface area (TPSA) is 112 Å². The first kappa shape index (κ1) is 36.3. The molecule has 0 aliphatic carbocycles. The van der Waals surface area contributed by atoms with Crippen molar-refractivity contribution in [3.8, 4) is 0 Å². The fraction of sp³-hybridized carbons (Fsp3) is 0.649. The Hall–Kier alpha value is -3.13. The molecule has 2 aliphatic heterocycles. The van der Waals surface area contributed by atoms with E-state index in [2.05, 4.69) is 20.1 Å². The molecule has 2 aliphatic rings. The zero-order valence-corrected chi connectivity index (χ0v) is 27.9. The number of furan rings is 1. The van der Waals surface area contributed by atoms with Crippen LogP contribution in [0.5, 0.6) is 0 Å². The van der Waals surface area contributed by atoms with Crippen molar-refractivity contribution in [2.45, 2.75) is 141 Å². The van der Waals surface area contributed by atoms with Crippen LogP contribution in [0.3, 0.4) is 0 Å². The molecule has 0 radical (unpaired) electrons. The molecule has 0 fully saturated rings. The highest BCUT2D eigenvalue weighted by atomic mass is 16.6. The average molecular weight is 627 g/mol. The molecule has 3 rings (SSSR count). The summed E-state index contributed by atoms with van der Waals surface area (Å²) in [5, 5.41) is 11.7. The van der Waals surface area contributed by atoms with Crippen LogP contribution in [0, 0.1) is 5.92 Å². The summed E-state index contributed by atoms with van der Waals surface area (Å²) >= 11 is 0. The van der Waals surface area contributed by atoms with Crippen molar-refractivity contribution >= 4 is 17.9 Å². The summed E-state index contributed by atoms with van der Waals surface area (Å²) in [6, 6.07) is 1.58. The Morgan fingerprint density at radius 3 is 2.04 bits per heavy atom. The van der Waals surface area contributed by atoms with Crippen molar-refractivity contribution in [2.24, 2.45) is 5.92 Å². The minimum Gasteiger partial charge on any atom is -0.465 e. The summed E-state index contributed by atoms with van der Waals surface area (Å²) < 4.78 is 22.7. The molecule has 5 atom stereocenters. The number of methoxy groups -OCH3 is 1. The highest BCUT2D eigenvalue weighted by Gasteiger charge is 2.45. The zero-order chi connectivity index (χ0) is 32.9. The van der Waals surface area contributed by atoms with Crippen molar-refractivity contribution in [3.05, 3.63) is 59.1 Å². The van der Waals surface area contributed by atoms with Crippen LogP contribution < -0.4 is 0 Å². The molecule has 0 saturated carbocycles. The van der Waals surface area contributed by atoms with Crippen LogP contribution in [0.4, 0.5) is 0 Å². The molecule has 45 heavy (non-hydrogen) atoms. The highest BCUT2D eigenvalue weighted by Crippen LogP contribution is 2.40. The van der Waals surface area contributed by atoms with Gasteiger partial charge in [0.15, 0.2) is 6.10 Å². The van der Waals surface area contributed by atoms with Crippen molar-refractivity contribution in [1.82, 2.24) is 0 Å². The van der Waals surface area contributed by atoms with E-state index in [9.17, 15) is 19.5 Å². The van der Waals surface area contributed by atoms with E-state index in [0.717, 1.165) is 19.3 Å². The standard InChI is InChI=1S/C37H54O8/c1-7-8-9-10-11-12-13-14-15-16-17-18-19-20-32(38)45-35-28-23-31(44-37(28)41)33(25(4)5)30-22-27(36(40)42-6)29(43-30)21-26(24(2)3)34(35)39/h22-23,26,31,33-35,39H,2,4,7-21H2,1,3,5-6H3/t26-,31-,33+,34-,35-/m1/s1. The molecular weight excluding hydrogens is 572 g/mol. The van der Waals surface area contributed by atoms with Gasteiger partial charge in [0.2, 0.25) is 0 Å². The van der Waals surface area contributed by atoms with E-state index in [4.69, 9.17) is 18.6 Å². The lowest BCUT2D eigenvalue weighted by Crippen LogP contribution is -2.41. The lowest BCUT2D eigenvalue weighted by Gasteiger charge is -2.30. The summed E-state index contributed by atoms with van der Waals surface area (Å²) in [7, 11) is 1.28. The number of rotatable bonds is 18. The molecule has 0 saturated heterocycles. The van der Waals surface area contributed by atoms with E-state index in [0.29, 0.717) is 29.1 Å². The second-order valence-corrected chi connectivity index (χ2v) is 12.8. The van der Waals surface area contributed by atoms with Gasteiger partial charge in [0, 0.05) is 18.8 Å². The largest absolute Gasteiger partial charge is 0.465 e. The van der Waals surface area contributed by atoms with Crippen molar-refractivity contribution < 1.29 is 38.1 Å². The van der Waals surface area contributed by atoms with E-state index in [1.165, 1.54) is 64.9 Å². The number of hydrogen-bond acceptors (Lipinski definition) is 8. The average Bonchev–Trinajstić information content (AvgIpc) is 3.58. The molecule has 0 unspecified atom stereocenters. The number of fused-ring (bicyclic) bond motifs is 3. The third-order valence-corrected chi connectivity index (χ3v) is 9.03. The molecule has 1 aromatic rings.